The van der Waals surface area contributed by atoms with Gasteiger partial charge in [0.25, 0.3) is 5.91 Å². The monoisotopic (exact) mass is 374 g/mol. The van der Waals surface area contributed by atoms with Crippen molar-refractivity contribution < 1.29 is 19.4 Å². The third-order valence-corrected chi connectivity index (χ3v) is 5.37. The van der Waals surface area contributed by atoms with Crippen LogP contribution in [0.2, 0.25) is 0 Å². The minimum atomic E-state index is -0.877. The van der Waals surface area contributed by atoms with E-state index in [1.165, 1.54) is 11.3 Å². The highest BCUT2D eigenvalue weighted by Gasteiger charge is 2.32. The van der Waals surface area contributed by atoms with Crippen molar-refractivity contribution in [1.82, 2.24) is 9.80 Å². The van der Waals surface area contributed by atoms with E-state index >= 15 is 0 Å². The summed E-state index contributed by atoms with van der Waals surface area (Å²) in [5, 5.41) is 11.7. The van der Waals surface area contributed by atoms with Gasteiger partial charge in [0.05, 0.1) is 11.5 Å². The Balaban J connectivity index is 1.70. The number of ether oxygens (including phenoxy) is 1. The zero-order valence-corrected chi connectivity index (χ0v) is 15.4. The highest BCUT2D eigenvalue weighted by Crippen LogP contribution is 2.24. The van der Waals surface area contributed by atoms with Crippen molar-refractivity contribution in [3.8, 4) is 0 Å². The van der Waals surface area contributed by atoms with E-state index < -0.39 is 12.0 Å². The van der Waals surface area contributed by atoms with Gasteiger partial charge in [0.2, 0.25) is 0 Å². The Hall–Kier alpha value is -2.22. The van der Waals surface area contributed by atoms with Crippen molar-refractivity contribution in [1.29, 1.82) is 0 Å². The Labute approximate surface area is 156 Å². The van der Waals surface area contributed by atoms with Gasteiger partial charge >= 0.3 is 5.97 Å². The minimum Gasteiger partial charge on any atom is -0.480 e. The molecular weight excluding hydrogens is 352 g/mol. The first kappa shape index (κ1) is 18.6. The number of rotatable bonds is 6. The van der Waals surface area contributed by atoms with Crippen LogP contribution in [0.1, 0.15) is 26.8 Å². The first-order valence-electron chi connectivity index (χ1n) is 8.47. The lowest BCUT2D eigenvalue weighted by Crippen LogP contribution is -2.50. The molecule has 2 heterocycles. The van der Waals surface area contributed by atoms with Crippen LogP contribution in [-0.2, 0) is 16.1 Å². The third-order valence-electron chi connectivity index (χ3n) is 4.51. The summed E-state index contributed by atoms with van der Waals surface area (Å²) in [4.78, 5) is 28.8. The Bertz CT molecular complexity index is 755. The number of carbonyl (C=O) groups is 2. The van der Waals surface area contributed by atoms with Crippen molar-refractivity contribution in [2.45, 2.75) is 12.6 Å². The number of nitrogens with zero attached hydrogens (tertiary/aromatic N) is 2. The van der Waals surface area contributed by atoms with Crippen molar-refractivity contribution in [3.05, 3.63) is 57.8 Å². The fraction of sp³-hybridized carbons (Fsp3) is 0.368. The summed E-state index contributed by atoms with van der Waals surface area (Å²) in [6.45, 7) is 2.56. The van der Waals surface area contributed by atoms with Gasteiger partial charge in [0.1, 0.15) is 6.04 Å². The van der Waals surface area contributed by atoms with Crippen LogP contribution in [0.25, 0.3) is 0 Å². The summed E-state index contributed by atoms with van der Waals surface area (Å²) in [6.07, 6.45) is 0. The maximum absolute atomic E-state index is 12.4. The summed E-state index contributed by atoms with van der Waals surface area (Å²) in [7, 11) is 1.62. The average Bonchev–Trinajstić information content (AvgIpc) is 3.17. The molecule has 1 aliphatic heterocycles. The first-order chi connectivity index (χ1) is 12.6. The van der Waals surface area contributed by atoms with Gasteiger partial charge in [0.15, 0.2) is 0 Å². The van der Waals surface area contributed by atoms with Crippen LogP contribution in [-0.4, -0.2) is 60.1 Å². The average molecular weight is 374 g/mol. The molecule has 1 aromatic heterocycles. The van der Waals surface area contributed by atoms with Gasteiger partial charge in [-0.25, -0.2) is 0 Å². The first-order valence-corrected chi connectivity index (χ1v) is 9.35. The van der Waals surface area contributed by atoms with Crippen LogP contribution in [0.15, 0.2) is 41.8 Å². The van der Waals surface area contributed by atoms with Crippen LogP contribution in [0.5, 0.6) is 0 Å². The molecule has 0 spiro atoms. The molecule has 138 valence electrons. The largest absolute Gasteiger partial charge is 0.480 e. The van der Waals surface area contributed by atoms with Gasteiger partial charge in [-0.15, -0.1) is 11.3 Å². The van der Waals surface area contributed by atoms with E-state index in [-0.39, 0.29) is 5.91 Å². The second kappa shape index (κ2) is 8.44. The number of carboxylic acids is 1. The van der Waals surface area contributed by atoms with Crippen LogP contribution >= 0.6 is 11.3 Å². The van der Waals surface area contributed by atoms with Gasteiger partial charge in [-0.2, -0.15) is 0 Å². The zero-order chi connectivity index (χ0) is 18.5. The number of carbonyl (C=O) groups excluding carboxylic acids is 1. The van der Waals surface area contributed by atoms with E-state index in [1.807, 2.05) is 46.7 Å². The molecule has 2 aromatic rings. The molecule has 1 atom stereocenters. The maximum Gasteiger partial charge on any atom is 0.325 e. The van der Waals surface area contributed by atoms with E-state index in [0.717, 1.165) is 16.0 Å². The van der Waals surface area contributed by atoms with Gasteiger partial charge < -0.3 is 14.7 Å². The molecule has 0 radical (unpaired) electrons. The lowest BCUT2D eigenvalue weighted by Gasteiger charge is -2.37. The molecule has 1 fully saturated rings. The van der Waals surface area contributed by atoms with E-state index in [2.05, 4.69) is 0 Å². The molecule has 0 unspecified atom stereocenters. The molecule has 1 aliphatic rings. The fourth-order valence-corrected chi connectivity index (χ4v) is 3.96. The summed E-state index contributed by atoms with van der Waals surface area (Å²) in [5.41, 5.74) is 1.69. The van der Waals surface area contributed by atoms with Crippen LogP contribution in [0, 0.1) is 0 Å². The number of benzene rings is 1. The van der Waals surface area contributed by atoms with Crippen molar-refractivity contribution >= 4 is 23.2 Å². The number of methoxy groups -OCH3 is 1. The number of thiophene rings is 1. The molecule has 3 rings (SSSR count). The van der Waals surface area contributed by atoms with Crippen molar-refractivity contribution in [2.24, 2.45) is 0 Å². The number of aliphatic carboxylic acids is 1. The number of hydrogen-bond donors (Lipinski definition) is 1. The predicted molar refractivity (Wildman–Crippen MR) is 99.3 cm³/mol. The van der Waals surface area contributed by atoms with Gasteiger partial charge in [0, 0.05) is 33.3 Å². The third kappa shape index (κ3) is 4.12. The maximum atomic E-state index is 12.4. The summed E-state index contributed by atoms with van der Waals surface area (Å²) >= 11 is 1.43. The molecule has 26 heavy (non-hydrogen) atoms. The van der Waals surface area contributed by atoms with Gasteiger partial charge in [-0.1, -0.05) is 30.3 Å². The van der Waals surface area contributed by atoms with E-state index in [1.54, 1.807) is 12.0 Å². The summed E-state index contributed by atoms with van der Waals surface area (Å²) < 4.78 is 5.14. The quantitative estimate of drug-likeness (QED) is 0.841. The van der Waals surface area contributed by atoms with Crippen molar-refractivity contribution in [3.63, 3.8) is 0 Å². The number of carboxylic acid groups (broad SMARTS) is 1. The summed E-state index contributed by atoms with van der Waals surface area (Å²) in [6, 6.07) is 10.5. The molecule has 6 nitrogen and oxygen atoms in total. The second-order valence-corrected chi connectivity index (χ2v) is 7.17. The molecule has 0 aliphatic carbocycles. The van der Waals surface area contributed by atoms with Crippen LogP contribution < -0.4 is 0 Å². The van der Waals surface area contributed by atoms with Crippen molar-refractivity contribution in [2.75, 3.05) is 33.3 Å². The molecule has 1 N–H and O–H groups in total. The van der Waals surface area contributed by atoms with E-state index in [9.17, 15) is 14.7 Å². The Morgan fingerprint density at radius 3 is 2.58 bits per heavy atom. The minimum absolute atomic E-state index is 0.0219. The molecule has 0 bridgehead atoms. The predicted octanol–water partition coefficient (Wildman–Crippen LogP) is 2.48. The van der Waals surface area contributed by atoms with E-state index in [4.69, 9.17) is 4.74 Å². The Morgan fingerprint density at radius 1 is 1.19 bits per heavy atom. The number of piperazine rings is 1. The van der Waals surface area contributed by atoms with Gasteiger partial charge in [-0.3, -0.25) is 14.5 Å². The molecule has 0 saturated carbocycles. The van der Waals surface area contributed by atoms with E-state index in [0.29, 0.717) is 32.8 Å². The normalized spacial score (nSPS) is 16.4. The zero-order valence-electron chi connectivity index (χ0n) is 14.6. The number of amides is 1. The molecule has 7 heteroatoms. The molecule has 1 aromatic carbocycles. The SMILES string of the molecule is COCc1cccc([C@@H](C(=O)O)N2CCN(C(=O)c3cccs3)CC2)c1. The smallest absolute Gasteiger partial charge is 0.325 e. The standard InChI is InChI=1S/C19H22N2O4S/c1-25-13-14-4-2-5-15(12-14)17(19(23)24)20-7-9-21(10-8-20)18(22)16-6-3-11-26-16/h2-6,11-12,17H,7-10,13H2,1H3,(H,23,24)/t17-/m0/s1. The second-order valence-electron chi connectivity index (χ2n) is 6.22. The summed E-state index contributed by atoms with van der Waals surface area (Å²) in [5.74, 6) is -0.855. The molecule has 1 saturated heterocycles. The topological polar surface area (TPSA) is 70.1 Å². The van der Waals surface area contributed by atoms with Gasteiger partial charge in [-0.05, 0) is 22.6 Å². The Kier molecular flexibility index (Phi) is 6.03. The molecule has 1 amide bonds. The lowest BCUT2D eigenvalue weighted by molar-refractivity contribution is -0.144. The van der Waals surface area contributed by atoms with Crippen LogP contribution in [0.4, 0.5) is 0 Å². The highest BCUT2D eigenvalue weighted by molar-refractivity contribution is 7.12. The highest BCUT2D eigenvalue weighted by atomic mass is 32.1. The van der Waals surface area contributed by atoms with Crippen LogP contribution in [0.3, 0.4) is 0 Å². The molecular formula is C19H22N2O4S. The lowest BCUT2D eigenvalue weighted by atomic mass is 10.0. The number of hydrogen-bond acceptors (Lipinski definition) is 5. The Morgan fingerprint density at radius 2 is 1.96 bits per heavy atom. The fourth-order valence-electron chi connectivity index (χ4n) is 3.27.